The number of hydrogen-bond acceptors (Lipinski definition) is 5. The van der Waals surface area contributed by atoms with Crippen molar-refractivity contribution in [2.75, 3.05) is 7.05 Å². The van der Waals surface area contributed by atoms with Gasteiger partial charge < -0.3 is 10.2 Å². The quantitative estimate of drug-likeness (QED) is 0.446. The molecular formula is C25H27N5O2S. The van der Waals surface area contributed by atoms with Crippen molar-refractivity contribution in [3.05, 3.63) is 81.3 Å². The number of thiophene rings is 1. The Morgan fingerprint density at radius 3 is 2.61 bits per heavy atom. The van der Waals surface area contributed by atoms with Crippen LogP contribution in [0.1, 0.15) is 50.7 Å². The summed E-state index contributed by atoms with van der Waals surface area (Å²) in [5.41, 5.74) is 3.57. The van der Waals surface area contributed by atoms with E-state index in [-0.39, 0.29) is 17.9 Å². The average molecular weight is 462 g/mol. The summed E-state index contributed by atoms with van der Waals surface area (Å²) in [6.45, 7) is 6.81. The van der Waals surface area contributed by atoms with Crippen molar-refractivity contribution < 1.29 is 9.59 Å². The highest BCUT2D eigenvalue weighted by Crippen LogP contribution is 2.20. The van der Waals surface area contributed by atoms with Crippen LogP contribution >= 0.6 is 11.3 Å². The van der Waals surface area contributed by atoms with E-state index in [0.29, 0.717) is 29.9 Å². The summed E-state index contributed by atoms with van der Waals surface area (Å²) in [6, 6.07) is 13.3. The molecule has 0 aliphatic rings. The second kappa shape index (κ2) is 9.54. The van der Waals surface area contributed by atoms with Gasteiger partial charge in [0.25, 0.3) is 11.8 Å². The predicted molar refractivity (Wildman–Crippen MR) is 131 cm³/mol. The lowest BCUT2D eigenvalue weighted by molar-refractivity contribution is 0.0754. The van der Waals surface area contributed by atoms with Crippen LogP contribution in [0, 0.1) is 6.92 Å². The van der Waals surface area contributed by atoms with Gasteiger partial charge in [-0.1, -0.05) is 18.2 Å². The Bertz CT molecular complexity index is 1280. The summed E-state index contributed by atoms with van der Waals surface area (Å²) in [4.78, 5) is 33.0. The van der Waals surface area contributed by atoms with E-state index in [0.717, 1.165) is 16.6 Å². The Morgan fingerprint density at radius 2 is 1.94 bits per heavy atom. The first-order valence-electron chi connectivity index (χ1n) is 10.8. The highest BCUT2D eigenvalue weighted by molar-refractivity contribution is 7.09. The molecular weight excluding hydrogens is 434 g/mol. The first-order chi connectivity index (χ1) is 15.8. The lowest BCUT2D eigenvalue weighted by Crippen LogP contribution is -2.32. The second-order valence-corrected chi connectivity index (χ2v) is 9.35. The number of carbonyl (C=O) groups is 2. The van der Waals surface area contributed by atoms with Crippen molar-refractivity contribution in [3.8, 4) is 0 Å². The lowest BCUT2D eigenvalue weighted by atomic mass is 10.1. The van der Waals surface area contributed by atoms with Gasteiger partial charge in [-0.25, -0.2) is 9.67 Å². The van der Waals surface area contributed by atoms with E-state index in [1.54, 1.807) is 47.7 Å². The molecule has 7 nitrogen and oxygen atoms in total. The van der Waals surface area contributed by atoms with Crippen molar-refractivity contribution in [2.45, 2.75) is 39.9 Å². The van der Waals surface area contributed by atoms with Crippen molar-refractivity contribution >= 4 is 34.2 Å². The molecule has 33 heavy (non-hydrogen) atoms. The summed E-state index contributed by atoms with van der Waals surface area (Å²) in [5.74, 6) is -0.198. The first kappa shape index (κ1) is 22.7. The van der Waals surface area contributed by atoms with Crippen LogP contribution in [-0.2, 0) is 13.1 Å². The maximum atomic E-state index is 13.0. The number of pyridine rings is 1. The van der Waals surface area contributed by atoms with Crippen LogP contribution in [0.4, 0.5) is 0 Å². The number of aryl methyl sites for hydroxylation is 1. The van der Waals surface area contributed by atoms with Gasteiger partial charge in [-0.15, -0.1) is 11.3 Å². The van der Waals surface area contributed by atoms with Crippen molar-refractivity contribution in [3.63, 3.8) is 0 Å². The van der Waals surface area contributed by atoms with Gasteiger partial charge in [-0.3, -0.25) is 9.59 Å². The highest BCUT2D eigenvalue weighted by Gasteiger charge is 2.17. The standard InChI is InChI=1S/C25H27N5O2S/c1-16(2)29(4)25(32)19-9-7-18(8-10-19)13-26-24(31)21-12-17(3)28-23-22(21)14-27-30(23)15-20-6-5-11-33-20/h5-12,14,16H,13,15H2,1-4H3,(H,26,31). The maximum Gasteiger partial charge on any atom is 0.253 e. The van der Waals surface area contributed by atoms with Crippen LogP contribution in [0.2, 0.25) is 0 Å². The van der Waals surface area contributed by atoms with Gasteiger partial charge in [-0.05, 0) is 56.0 Å². The van der Waals surface area contributed by atoms with Crippen LogP contribution < -0.4 is 5.32 Å². The molecule has 3 heterocycles. The van der Waals surface area contributed by atoms with E-state index in [2.05, 4.69) is 21.5 Å². The number of aromatic nitrogens is 3. The van der Waals surface area contributed by atoms with Crippen LogP contribution in [0.15, 0.2) is 54.0 Å². The molecule has 1 aromatic carbocycles. The van der Waals surface area contributed by atoms with Gasteiger partial charge in [0.15, 0.2) is 5.65 Å². The molecule has 0 aliphatic carbocycles. The highest BCUT2D eigenvalue weighted by atomic mass is 32.1. The number of hydrogen-bond donors (Lipinski definition) is 1. The fourth-order valence-electron chi connectivity index (χ4n) is 3.51. The average Bonchev–Trinajstić information content (AvgIpc) is 3.47. The number of carbonyl (C=O) groups excluding carboxylic acids is 2. The first-order valence-corrected chi connectivity index (χ1v) is 11.7. The number of rotatable bonds is 7. The zero-order valence-corrected chi connectivity index (χ0v) is 20.0. The SMILES string of the molecule is Cc1cc(C(=O)NCc2ccc(C(=O)N(C)C(C)C)cc2)c2cnn(Cc3cccs3)c2n1. The van der Waals surface area contributed by atoms with Crippen molar-refractivity contribution in [1.82, 2.24) is 25.0 Å². The maximum absolute atomic E-state index is 13.0. The van der Waals surface area contributed by atoms with Crippen LogP contribution in [-0.4, -0.2) is 44.6 Å². The molecule has 4 aromatic rings. The van der Waals surface area contributed by atoms with E-state index in [1.807, 2.05) is 49.0 Å². The summed E-state index contributed by atoms with van der Waals surface area (Å²) in [6.07, 6.45) is 1.70. The molecule has 0 spiro atoms. The number of fused-ring (bicyclic) bond motifs is 1. The third-order valence-electron chi connectivity index (χ3n) is 5.62. The molecule has 8 heteroatoms. The number of nitrogens with one attached hydrogen (secondary N) is 1. The zero-order valence-electron chi connectivity index (χ0n) is 19.2. The summed E-state index contributed by atoms with van der Waals surface area (Å²) >= 11 is 1.66. The van der Waals surface area contributed by atoms with Crippen LogP contribution in [0.25, 0.3) is 11.0 Å². The fourth-order valence-corrected chi connectivity index (χ4v) is 4.19. The lowest BCUT2D eigenvalue weighted by Gasteiger charge is -2.21. The number of benzene rings is 1. The van der Waals surface area contributed by atoms with E-state index in [9.17, 15) is 9.59 Å². The molecule has 0 unspecified atom stereocenters. The topological polar surface area (TPSA) is 80.1 Å². The van der Waals surface area contributed by atoms with Gasteiger partial charge in [-0.2, -0.15) is 5.10 Å². The molecule has 170 valence electrons. The molecule has 4 rings (SSSR count). The van der Waals surface area contributed by atoms with Crippen LogP contribution in [0.3, 0.4) is 0 Å². The van der Waals surface area contributed by atoms with E-state index in [1.165, 1.54) is 4.88 Å². The van der Waals surface area contributed by atoms with Crippen molar-refractivity contribution in [1.29, 1.82) is 0 Å². The molecule has 0 bridgehead atoms. The minimum Gasteiger partial charge on any atom is -0.348 e. The monoisotopic (exact) mass is 461 g/mol. The van der Waals surface area contributed by atoms with Gasteiger partial charge in [0, 0.05) is 35.8 Å². The summed E-state index contributed by atoms with van der Waals surface area (Å²) in [5, 5.41) is 10.2. The third kappa shape index (κ3) is 4.96. The van der Waals surface area contributed by atoms with E-state index < -0.39 is 0 Å². The largest absolute Gasteiger partial charge is 0.348 e. The Balaban J connectivity index is 1.48. The molecule has 0 fully saturated rings. The van der Waals surface area contributed by atoms with E-state index in [4.69, 9.17) is 0 Å². The minimum absolute atomic E-state index is 0.0187. The molecule has 3 aromatic heterocycles. The van der Waals surface area contributed by atoms with Crippen LogP contribution in [0.5, 0.6) is 0 Å². The van der Waals surface area contributed by atoms with Gasteiger partial charge in [0.05, 0.1) is 23.7 Å². The van der Waals surface area contributed by atoms with Gasteiger partial charge in [0.1, 0.15) is 0 Å². The Labute approximate surface area is 197 Å². The predicted octanol–water partition coefficient (Wildman–Crippen LogP) is 4.26. The second-order valence-electron chi connectivity index (χ2n) is 8.32. The molecule has 0 atom stereocenters. The Hall–Kier alpha value is -3.52. The van der Waals surface area contributed by atoms with E-state index >= 15 is 0 Å². The molecule has 0 saturated heterocycles. The molecule has 2 amide bonds. The summed E-state index contributed by atoms with van der Waals surface area (Å²) in [7, 11) is 1.79. The Morgan fingerprint density at radius 1 is 1.18 bits per heavy atom. The molecule has 0 saturated carbocycles. The van der Waals surface area contributed by atoms with Crippen molar-refractivity contribution in [2.24, 2.45) is 0 Å². The Kier molecular flexibility index (Phi) is 6.55. The number of nitrogens with zero attached hydrogens (tertiary/aromatic N) is 4. The summed E-state index contributed by atoms with van der Waals surface area (Å²) < 4.78 is 1.83. The molecule has 0 radical (unpaired) electrons. The smallest absolute Gasteiger partial charge is 0.253 e. The normalized spacial score (nSPS) is 11.2. The zero-order chi connectivity index (χ0) is 23.5. The minimum atomic E-state index is -0.180. The molecule has 1 N–H and O–H groups in total. The fraction of sp³-hybridized carbons (Fsp3) is 0.280. The van der Waals surface area contributed by atoms with Gasteiger partial charge in [0.2, 0.25) is 0 Å². The molecule has 0 aliphatic heterocycles. The third-order valence-corrected chi connectivity index (χ3v) is 6.48. The number of amides is 2. The van der Waals surface area contributed by atoms with Gasteiger partial charge >= 0.3 is 0 Å².